The van der Waals surface area contributed by atoms with Gasteiger partial charge in [0.2, 0.25) is 0 Å². The van der Waals surface area contributed by atoms with Gasteiger partial charge in [0.15, 0.2) is 0 Å². The van der Waals surface area contributed by atoms with Crippen LogP contribution in [0.4, 0.5) is 23.1 Å². The molecule has 31 heavy (non-hydrogen) atoms. The van der Waals surface area contributed by atoms with Crippen LogP contribution in [0.3, 0.4) is 0 Å². The fraction of sp³-hybridized carbons (Fsp3) is 0.273. The molecule has 0 saturated carbocycles. The minimum absolute atomic E-state index is 0.374. The maximum atomic E-state index is 5.64. The van der Waals surface area contributed by atoms with Gasteiger partial charge >= 0.3 is 6.01 Å². The number of hydrogen-bond donors (Lipinski definition) is 2. The number of piperazine rings is 1. The van der Waals surface area contributed by atoms with Crippen molar-refractivity contribution in [1.82, 2.24) is 25.1 Å². The zero-order valence-corrected chi connectivity index (χ0v) is 17.3. The molecule has 9 nitrogen and oxygen atoms in total. The normalized spacial score (nSPS) is 14.1. The van der Waals surface area contributed by atoms with Gasteiger partial charge in [0.25, 0.3) is 0 Å². The highest BCUT2D eigenvalue weighted by Gasteiger charge is 2.20. The van der Waals surface area contributed by atoms with Gasteiger partial charge in [-0.1, -0.05) is 6.07 Å². The summed E-state index contributed by atoms with van der Waals surface area (Å²) < 4.78 is 5.64. The molecule has 0 bridgehead atoms. The summed E-state index contributed by atoms with van der Waals surface area (Å²) in [5.41, 5.74) is 1.93. The number of nitrogens with zero attached hydrogens (tertiary/aromatic N) is 6. The monoisotopic (exact) mass is 416 g/mol. The van der Waals surface area contributed by atoms with Crippen LogP contribution in [-0.2, 0) is 0 Å². The van der Waals surface area contributed by atoms with Crippen molar-refractivity contribution < 1.29 is 4.74 Å². The number of benzene rings is 1. The largest absolute Gasteiger partial charge is 0.464 e. The Balaban J connectivity index is 1.35. The van der Waals surface area contributed by atoms with E-state index in [4.69, 9.17) is 4.74 Å². The Labute approximate surface area is 180 Å². The maximum Gasteiger partial charge on any atom is 0.320 e. The van der Waals surface area contributed by atoms with E-state index in [1.807, 2.05) is 55.6 Å². The molecular formula is C22H24N8O. The second kappa shape index (κ2) is 8.47. The Hall–Kier alpha value is -3.88. The van der Waals surface area contributed by atoms with Gasteiger partial charge in [-0.3, -0.25) is 5.10 Å². The van der Waals surface area contributed by atoms with Crippen LogP contribution in [0.15, 0.2) is 54.9 Å². The summed E-state index contributed by atoms with van der Waals surface area (Å²) in [5.74, 6) is 2.56. The van der Waals surface area contributed by atoms with Crippen molar-refractivity contribution in [2.75, 3.05) is 47.9 Å². The lowest BCUT2D eigenvalue weighted by Gasteiger charge is -2.36. The Bertz CT molecular complexity index is 1150. The number of ether oxygens (including phenoxy) is 1. The molecule has 2 N–H and O–H groups in total. The molecule has 0 spiro atoms. The zero-order chi connectivity index (χ0) is 21.0. The van der Waals surface area contributed by atoms with E-state index in [1.165, 1.54) is 0 Å². The topological polar surface area (TPSA) is 95.1 Å². The zero-order valence-electron chi connectivity index (χ0n) is 17.3. The third-order valence-electron chi connectivity index (χ3n) is 5.26. The van der Waals surface area contributed by atoms with Crippen LogP contribution >= 0.6 is 0 Å². The predicted molar refractivity (Wildman–Crippen MR) is 121 cm³/mol. The molecular weight excluding hydrogens is 392 g/mol. The number of pyridine rings is 1. The van der Waals surface area contributed by atoms with Gasteiger partial charge in [-0.25, -0.2) is 4.98 Å². The van der Waals surface area contributed by atoms with Crippen LogP contribution in [0.25, 0.3) is 10.9 Å². The summed E-state index contributed by atoms with van der Waals surface area (Å²) in [7, 11) is 0. The van der Waals surface area contributed by atoms with Crippen LogP contribution < -0.4 is 19.9 Å². The molecule has 0 radical (unpaired) electrons. The lowest BCUT2D eigenvalue weighted by molar-refractivity contribution is 0.313. The van der Waals surface area contributed by atoms with Crippen molar-refractivity contribution in [1.29, 1.82) is 0 Å². The van der Waals surface area contributed by atoms with Crippen molar-refractivity contribution >= 4 is 34.0 Å². The van der Waals surface area contributed by atoms with Crippen molar-refractivity contribution in [2.45, 2.75) is 6.92 Å². The molecule has 1 saturated heterocycles. The fourth-order valence-corrected chi connectivity index (χ4v) is 3.71. The minimum Gasteiger partial charge on any atom is -0.464 e. The molecule has 0 amide bonds. The average molecular weight is 416 g/mol. The summed E-state index contributed by atoms with van der Waals surface area (Å²) >= 11 is 0. The minimum atomic E-state index is 0.374. The van der Waals surface area contributed by atoms with Gasteiger partial charge < -0.3 is 19.9 Å². The second-order valence-electron chi connectivity index (χ2n) is 7.29. The quantitative estimate of drug-likeness (QED) is 0.495. The van der Waals surface area contributed by atoms with Crippen molar-refractivity contribution in [3.63, 3.8) is 0 Å². The molecule has 1 aliphatic heterocycles. The van der Waals surface area contributed by atoms with Crippen molar-refractivity contribution in [3.05, 3.63) is 54.9 Å². The Morgan fingerprint density at radius 2 is 1.84 bits per heavy atom. The number of aromatic nitrogens is 5. The van der Waals surface area contributed by atoms with Crippen LogP contribution in [0.1, 0.15) is 6.92 Å². The van der Waals surface area contributed by atoms with Crippen molar-refractivity contribution in [3.8, 4) is 6.01 Å². The summed E-state index contributed by atoms with van der Waals surface area (Å²) in [5, 5.41) is 11.5. The molecule has 1 aromatic carbocycles. The van der Waals surface area contributed by atoms with E-state index >= 15 is 0 Å². The standard InChI is InChI=1S/C22H24N8O/c1-2-31-22-26-19(25-17-6-7-18-16(13-17)15-24-28-18)14-21(27-22)30-11-9-29(10-12-30)20-5-3-4-8-23-20/h3-8,13-15H,2,9-12H2,1H3,(H,24,28)(H,25,26,27). The fourth-order valence-electron chi connectivity index (χ4n) is 3.71. The van der Waals surface area contributed by atoms with Gasteiger partial charge in [-0.05, 0) is 37.3 Å². The van der Waals surface area contributed by atoms with Gasteiger partial charge in [-0.15, -0.1) is 0 Å². The van der Waals surface area contributed by atoms with E-state index in [1.54, 1.807) is 6.20 Å². The number of H-pyrrole nitrogens is 1. The van der Waals surface area contributed by atoms with E-state index in [0.29, 0.717) is 18.4 Å². The number of nitrogens with one attached hydrogen (secondary N) is 2. The first-order valence-electron chi connectivity index (χ1n) is 10.4. The lowest BCUT2D eigenvalue weighted by Crippen LogP contribution is -2.47. The van der Waals surface area contributed by atoms with Crippen LogP contribution in [0, 0.1) is 0 Å². The molecule has 1 aliphatic rings. The molecule has 4 heterocycles. The molecule has 1 fully saturated rings. The van der Waals surface area contributed by atoms with Gasteiger partial charge in [0.1, 0.15) is 17.5 Å². The highest BCUT2D eigenvalue weighted by Crippen LogP contribution is 2.25. The maximum absolute atomic E-state index is 5.64. The first-order valence-corrected chi connectivity index (χ1v) is 10.4. The van der Waals surface area contributed by atoms with E-state index in [2.05, 4.69) is 40.3 Å². The number of anilines is 4. The summed E-state index contributed by atoms with van der Waals surface area (Å²) in [4.78, 5) is 18.2. The van der Waals surface area contributed by atoms with E-state index in [9.17, 15) is 0 Å². The number of rotatable bonds is 6. The van der Waals surface area contributed by atoms with E-state index < -0.39 is 0 Å². The Kier molecular flexibility index (Phi) is 5.22. The summed E-state index contributed by atoms with van der Waals surface area (Å²) in [6, 6.07) is 14.4. The highest BCUT2D eigenvalue weighted by atomic mass is 16.5. The summed E-state index contributed by atoms with van der Waals surface area (Å²) in [6.07, 6.45) is 3.64. The molecule has 0 aliphatic carbocycles. The molecule has 5 rings (SSSR count). The van der Waals surface area contributed by atoms with Gasteiger partial charge in [-0.2, -0.15) is 15.1 Å². The lowest BCUT2D eigenvalue weighted by atomic mass is 10.2. The van der Waals surface area contributed by atoms with Crippen LogP contribution in [0.5, 0.6) is 6.01 Å². The number of aromatic amines is 1. The van der Waals surface area contributed by atoms with Gasteiger partial charge in [0.05, 0.1) is 18.3 Å². The molecule has 0 atom stereocenters. The number of fused-ring (bicyclic) bond motifs is 1. The molecule has 3 aromatic heterocycles. The summed E-state index contributed by atoms with van der Waals surface area (Å²) in [6.45, 7) is 5.90. The molecule has 0 unspecified atom stereocenters. The van der Waals surface area contributed by atoms with E-state index in [-0.39, 0.29) is 0 Å². The predicted octanol–water partition coefficient (Wildman–Crippen LogP) is 3.22. The van der Waals surface area contributed by atoms with Crippen molar-refractivity contribution in [2.24, 2.45) is 0 Å². The SMILES string of the molecule is CCOc1nc(Nc2ccc3[nH]ncc3c2)cc(N2CCN(c3ccccn3)CC2)n1. The third-order valence-corrected chi connectivity index (χ3v) is 5.26. The highest BCUT2D eigenvalue weighted by molar-refractivity contribution is 5.82. The van der Waals surface area contributed by atoms with E-state index in [0.717, 1.165) is 54.4 Å². The molecule has 158 valence electrons. The second-order valence-corrected chi connectivity index (χ2v) is 7.29. The van der Waals surface area contributed by atoms with Gasteiger partial charge in [0, 0.05) is 49.5 Å². The van der Waals surface area contributed by atoms with Crippen LogP contribution in [-0.4, -0.2) is 57.9 Å². The van der Waals surface area contributed by atoms with Crippen LogP contribution in [0.2, 0.25) is 0 Å². The average Bonchev–Trinajstić information content (AvgIpc) is 3.28. The Morgan fingerprint density at radius 1 is 1.00 bits per heavy atom. The number of hydrogen-bond acceptors (Lipinski definition) is 8. The first-order chi connectivity index (χ1) is 15.3. The first kappa shape index (κ1) is 19.1. The molecule has 4 aromatic rings. The smallest absolute Gasteiger partial charge is 0.320 e. The third kappa shape index (κ3) is 4.20. The Morgan fingerprint density at radius 3 is 2.61 bits per heavy atom. The molecule has 9 heteroatoms.